The zero-order valence-corrected chi connectivity index (χ0v) is 12.4. The van der Waals surface area contributed by atoms with Gasteiger partial charge in [-0.25, -0.2) is 0 Å². The van der Waals surface area contributed by atoms with E-state index >= 15 is 0 Å². The van der Waals surface area contributed by atoms with Gasteiger partial charge in [0.05, 0.1) is 19.6 Å². The van der Waals surface area contributed by atoms with Crippen LogP contribution in [0.3, 0.4) is 0 Å². The molecule has 0 bridgehead atoms. The maximum atomic E-state index is 12.0. The Hall–Kier alpha value is -1.88. The second kappa shape index (κ2) is 7.78. The second-order valence-corrected chi connectivity index (χ2v) is 5.36. The fourth-order valence-electron chi connectivity index (χ4n) is 2.61. The fourth-order valence-corrected chi connectivity index (χ4v) is 2.61. The Bertz CT molecular complexity index is 476. The molecule has 0 spiro atoms. The average molecular weight is 290 g/mol. The van der Waals surface area contributed by atoms with Crippen molar-refractivity contribution in [2.24, 2.45) is 5.92 Å². The number of piperidine rings is 1. The molecule has 1 amide bonds. The SMILES string of the molecule is COC(=O)[C@H]1CCCN(CC(=O)NCc2ccccc2)C1. The zero-order chi connectivity index (χ0) is 15.1. The number of esters is 1. The van der Waals surface area contributed by atoms with Gasteiger partial charge in [-0.3, -0.25) is 14.5 Å². The molecule has 1 saturated heterocycles. The third-order valence-corrected chi connectivity index (χ3v) is 3.74. The van der Waals surface area contributed by atoms with Gasteiger partial charge in [-0.1, -0.05) is 30.3 Å². The summed E-state index contributed by atoms with van der Waals surface area (Å²) < 4.78 is 4.78. The molecule has 5 heteroatoms. The van der Waals surface area contributed by atoms with E-state index < -0.39 is 0 Å². The third kappa shape index (κ3) is 4.86. The van der Waals surface area contributed by atoms with E-state index in [1.807, 2.05) is 35.2 Å². The summed E-state index contributed by atoms with van der Waals surface area (Å²) in [5, 5.41) is 2.91. The van der Waals surface area contributed by atoms with Crippen LogP contribution < -0.4 is 5.32 Å². The molecular formula is C16H22N2O3. The molecule has 5 nitrogen and oxygen atoms in total. The van der Waals surface area contributed by atoms with Crippen molar-refractivity contribution in [2.75, 3.05) is 26.7 Å². The Morgan fingerprint density at radius 3 is 2.81 bits per heavy atom. The van der Waals surface area contributed by atoms with Crippen LogP contribution in [0.2, 0.25) is 0 Å². The van der Waals surface area contributed by atoms with Gasteiger partial charge in [0, 0.05) is 13.1 Å². The molecule has 21 heavy (non-hydrogen) atoms. The van der Waals surface area contributed by atoms with Gasteiger partial charge in [-0.15, -0.1) is 0 Å². The van der Waals surface area contributed by atoms with Crippen LogP contribution in [0, 0.1) is 5.92 Å². The number of rotatable bonds is 5. The quantitative estimate of drug-likeness (QED) is 0.828. The maximum absolute atomic E-state index is 12.0. The number of ether oxygens (including phenoxy) is 1. The number of nitrogens with one attached hydrogen (secondary N) is 1. The Morgan fingerprint density at radius 2 is 2.10 bits per heavy atom. The van der Waals surface area contributed by atoms with Crippen LogP contribution in [0.5, 0.6) is 0 Å². The van der Waals surface area contributed by atoms with Crippen LogP contribution in [0.4, 0.5) is 0 Å². The Morgan fingerprint density at radius 1 is 1.33 bits per heavy atom. The third-order valence-electron chi connectivity index (χ3n) is 3.74. The van der Waals surface area contributed by atoms with Crippen molar-refractivity contribution < 1.29 is 14.3 Å². The highest BCUT2D eigenvalue weighted by atomic mass is 16.5. The first-order valence-corrected chi connectivity index (χ1v) is 7.30. The minimum Gasteiger partial charge on any atom is -0.469 e. The summed E-state index contributed by atoms with van der Waals surface area (Å²) in [5.41, 5.74) is 1.08. The molecule has 1 N–H and O–H groups in total. The Labute approximate surface area is 125 Å². The summed E-state index contributed by atoms with van der Waals surface area (Å²) in [6.07, 6.45) is 1.76. The summed E-state index contributed by atoms with van der Waals surface area (Å²) >= 11 is 0. The normalized spacial score (nSPS) is 19.0. The van der Waals surface area contributed by atoms with Crippen molar-refractivity contribution in [1.82, 2.24) is 10.2 Å². The first kappa shape index (κ1) is 15.5. The molecule has 1 heterocycles. The number of hydrogen-bond donors (Lipinski definition) is 1. The zero-order valence-electron chi connectivity index (χ0n) is 12.4. The maximum Gasteiger partial charge on any atom is 0.309 e. The molecule has 0 saturated carbocycles. The van der Waals surface area contributed by atoms with Crippen molar-refractivity contribution in [3.8, 4) is 0 Å². The van der Waals surface area contributed by atoms with Crippen molar-refractivity contribution in [1.29, 1.82) is 0 Å². The van der Waals surface area contributed by atoms with Crippen LogP contribution in [0.15, 0.2) is 30.3 Å². The van der Waals surface area contributed by atoms with Gasteiger partial charge in [-0.05, 0) is 24.9 Å². The minimum atomic E-state index is -0.176. The topological polar surface area (TPSA) is 58.6 Å². The number of nitrogens with zero attached hydrogens (tertiary/aromatic N) is 1. The lowest BCUT2D eigenvalue weighted by molar-refractivity contribution is -0.147. The van der Waals surface area contributed by atoms with Gasteiger partial charge in [0.2, 0.25) is 5.91 Å². The number of carbonyl (C=O) groups is 2. The molecule has 0 unspecified atom stereocenters. The highest BCUT2D eigenvalue weighted by Gasteiger charge is 2.27. The van der Waals surface area contributed by atoms with Gasteiger partial charge in [0.25, 0.3) is 0 Å². The van der Waals surface area contributed by atoms with Crippen molar-refractivity contribution in [2.45, 2.75) is 19.4 Å². The van der Waals surface area contributed by atoms with Gasteiger partial charge >= 0.3 is 5.97 Å². The average Bonchev–Trinajstić information content (AvgIpc) is 2.53. The summed E-state index contributed by atoms with van der Waals surface area (Å²) in [6, 6.07) is 9.81. The molecule has 0 radical (unpaired) electrons. The molecule has 1 aliphatic heterocycles. The molecule has 1 fully saturated rings. The van der Waals surface area contributed by atoms with Crippen LogP contribution in [-0.2, 0) is 20.9 Å². The van der Waals surface area contributed by atoms with Gasteiger partial charge in [0.1, 0.15) is 0 Å². The van der Waals surface area contributed by atoms with Gasteiger partial charge < -0.3 is 10.1 Å². The molecule has 2 rings (SSSR count). The van der Waals surface area contributed by atoms with Gasteiger partial charge in [0.15, 0.2) is 0 Å². The lowest BCUT2D eigenvalue weighted by atomic mass is 9.98. The molecule has 114 valence electrons. The van der Waals surface area contributed by atoms with E-state index in [1.165, 1.54) is 7.11 Å². The molecule has 0 aromatic heterocycles. The predicted molar refractivity (Wildman–Crippen MR) is 79.5 cm³/mol. The van der Waals surface area contributed by atoms with E-state index in [0.29, 0.717) is 19.6 Å². The molecule has 0 aliphatic carbocycles. The first-order valence-electron chi connectivity index (χ1n) is 7.30. The van der Waals surface area contributed by atoms with E-state index in [1.54, 1.807) is 0 Å². The van der Waals surface area contributed by atoms with Crippen molar-refractivity contribution in [3.05, 3.63) is 35.9 Å². The number of likely N-dealkylation sites (tertiary alicyclic amines) is 1. The standard InChI is InChI=1S/C16H22N2O3/c1-21-16(20)14-8-5-9-18(11-14)12-15(19)17-10-13-6-3-2-4-7-13/h2-4,6-7,14H,5,8-12H2,1H3,(H,17,19)/t14-/m0/s1. The highest BCUT2D eigenvalue weighted by molar-refractivity contribution is 5.78. The summed E-state index contributed by atoms with van der Waals surface area (Å²) in [7, 11) is 1.41. The highest BCUT2D eigenvalue weighted by Crippen LogP contribution is 2.17. The molecule has 1 aromatic rings. The number of carbonyl (C=O) groups excluding carboxylic acids is 2. The first-order chi connectivity index (χ1) is 10.2. The Kier molecular flexibility index (Phi) is 5.75. The lowest BCUT2D eigenvalue weighted by Gasteiger charge is -2.30. The molecule has 1 aliphatic rings. The molecular weight excluding hydrogens is 268 g/mol. The number of benzene rings is 1. The number of hydrogen-bond acceptors (Lipinski definition) is 4. The van der Waals surface area contributed by atoms with E-state index in [4.69, 9.17) is 4.74 Å². The summed E-state index contributed by atoms with van der Waals surface area (Å²) in [6.45, 7) is 2.33. The van der Waals surface area contributed by atoms with Gasteiger partial charge in [-0.2, -0.15) is 0 Å². The largest absolute Gasteiger partial charge is 0.469 e. The lowest BCUT2D eigenvalue weighted by Crippen LogP contribution is -2.44. The van der Waals surface area contributed by atoms with E-state index in [2.05, 4.69) is 5.32 Å². The summed E-state index contributed by atoms with van der Waals surface area (Å²) in [5.74, 6) is -0.292. The van der Waals surface area contributed by atoms with E-state index in [9.17, 15) is 9.59 Å². The minimum absolute atomic E-state index is 0.00984. The smallest absolute Gasteiger partial charge is 0.309 e. The molecule has 1 atom stereocenters. The monoisotopic (exact) mass is 290 g/mol. The van der Waals surface area contributed by atoms with Crippen molar-refractivity contribution >= 4 is 11.9 Å². The van der Waals surface area contributed by atoms with Crippen LogP contribution in [-0.4, -0.2) is 43.5 Å². The van der Waals surface area contributed by atoms with Crippen LogP contribution in [0.1, 0.15) is 18.4 Å². The summed E-state index contributed by atoms with van der Waals surface area (Å²) in [4.78, 5) is 25.5. The Balaban J connectivity index is 1.76. The van der Waals surface area contributed by atoms with Crippen LogP contribution >= 0.6 is 0 Å². The predicted octanol–water partition coefficient (Wildman–Crippen LogP) is 1.19. The van der Waals surface area contributed by atoms with Crippen LogP contribution in [0.25, 0.3) is 0 Å². The van der Waals surface area contributed by atoms with E-state index in [0.717, 1.165) is 24.9 Å². The fraction of sp³-hybridized carbons (Fsp3) is 0.500. The second-order valence-electron chi connectivity index (χ2n) is 5.36. The number of amides is 1. The number of methoxy groups -OCH3 is 1. The van der Waals surface area contributed by atoms with E-state index in [-0.39, 0.29) is 17.8 Å². The molecule has 1 aromatic carbocycles. The van der Waals surface area contributed by atoms with Crippen molar-refractivity contribution in [3.63, 3.8) is 0 Å².